The number of hydrogen-bond donors (Lipinski definition) is 2. The van der Waals surface area contributed by atoms with E-state index in [9.17, 15) is 0 Å². The fourth-order valence-corrected chi connectivity index (χ4v) is 3.68. The number of ether oxygens (including phenoxy) is 2. The van der Waals surface area contributed by atoms with Crippen LogP contribution in [0.1, 0.15) is 5.56 Å². The monoisotopic (exact) mass is 466 g/mol. The molecule has 0 saturated heterocycles. The molecule has 35 heavy (non-hydrogen) atoms. The molecule has 0 amide bonds. The van der Waals surface area contributed by atoms with Crippen molar-refractivity contribution in [2.24, 2.45) is 0 Å². The Balaban J connectivity index is 1.18. The van der Waals surface area contributed by atoms with Gasteiger partial charge in [-0.2, -0.15) is 4.98 Å². The fraction of sp³-hybridized carbons (Fsp3) is 0.148. The number of nitrogens with zero attached hydrogens (tertiary/aromatic N) is 4. The molecule has 3 aromatic heterocycles. The summed E-state index contributed by atoms with van der Waals surface area (Å²) in [6.07, 6.45) is 3.63. The smallest absolute Gasteiger partial charge is 0.247 e. The van der Waals surface area contributed by atoms with Gasteiger partial charge in [-0.15, -0.1) is 5.10 Å². The van der Waals surface area contributed by atoms with Gasteiger partial charge < -0.3 is 20.1 Å². The van der Waals surface area contributed by atoms with E-state index in [1.165, 1.54) is 0 Å². The van der Waals surface area contributed by atoms with Crippen LogP contribution in [-0.2, 0) is 6.54 Å². The normalized spacial score (nSPS) is 10.9. The number of anilines is 2. The molecule has 0 atom stereocenters. The van der Waals surface area contributed by atoms with Crippen molar-refractivity contribution in [1.29, 1.82) is 0 Å². The summed E-state index contributed by atoms with van der Waals surface area (Å²) < 4.78 is 12.9. The van der Waals surface area contributed by atoms with Crippen molar-refractivity contribution in [2.75, 3.05) is 25.6 Å². The zero-order valence-corrected chi connectivity index (χ0v) is 19.4. The van der Waals surface area contributed by atoms with Gasteiger partial charge in [0.25, 0.3) is 0 Å². The van der Waals surface area contributed by atoms with Gasteiger partial charge in [-0.1, -0.05) is 12.1 Å². The SMILES string of the molecule is COc1ccc(-c2cccc3nc(Nc4ccc(OCCNCc5cccnc5)cc4)nn23)cc1. The molecule has 0 fully saturated rings. The first kappa shape index (κ1) is 22.4. The van der Waals surface area contributed by atoms with E-state index in [2.05, 4.69) is 25.7 Å². The minimum atomic E-state index is 0.527. The van der Waals surface area contributed by atoms with Crippen LogP contribution >= 0.6 is 0 Å². The topological polar surface area (TPSA) is 85.6 Å². The van der Waals surface area contributed by atoms with Crippen molar-refractivity contribution in [1.82, 2.24) is 24.9 Å². The average molecular weight is 467 g/mol. The van der Waals surface area contributed by atoms with Crippen molar-refractivity contribution in [3.63, 3.8) is 0 Å². The van der Waals surface area contributed by atoms with Gasteiger partial charge >= 0.3 is 0 Å². The highest BCUT2D eigenvalue weighted by atomic mass is 16.5. The van der Waals surface area contributed by atoms with E-state index >= 15 is 0 Å². The van der Waals surface area contributed by atoms with Gasteiger partial charge in [0, 0.05) is 36.7 Å². The maximum absolute atomic E-state index is 5.83. The number of pyridine rings is 2. The zero-order chi connectivity index (χ0) is 23.9. The molecular weight excluding hydrogens is 440 g/mol. The Labute approximate surface area is 203 Å². The largest absolute Gasteiger partial charge is 0.497 e. The molecule has 0 aliphatic carbocycles. The van der Waals surface area contributed by atoms with Crippen molar-refractivity contribution in [3.05, 3.63) is 96.8 Å². The molecule has 3 heterocycles. The highest BCUT2D eigenvalue weighted by Gasteiger charge is 2.09. The summed E-state index contributed by atoms with van der Waals surface area (Å²) in [4.78, 5) is 8.73. The molecule has 5 rings (SSSR count). The predicted octanol–water partition coefficient (Wildman–Crippen LogP) is 4.71. The van der Waals surface area contributed by atoms with Gasteiger partial charge in [0.15, 0.2) is 5.65 Å². The molecule has 8 heteroatoms. The van der Waals surface area contributed by atoms with Gasteiger partial charge in [0.05, 0.1) is 12.8 Å². The van der Waals surface area contributed by atoms with Crippen LogP contribution in [0.3, 0.4) is 0 Å². The van der Waals surface area contributed by atoms with E-state index in [4.69, 9.17) is 9.47 Å². The van der Waals surface area contributed by atoms with Crippen LogP contribution in [0.25, 0.3) is 16.9 Å². The lowest BCUT2D eigenvalue weighted by molar-refractivity contribution is 0.313. The Bertz CT molecular complexity index is 1370. The van der Waals surface area contributed by atoms with E-state index in [0.29, 0.717) is 12.6 Å². The molecule has 176 valence electrons. The zero-order valence-electron chi connectivity index (χ0n) is 19.4. The van der Waals surface area contributed by atoms with Crippen LogP contribution in [0.5, 0.6) is 11.5 Å². The molecule has 0 aliphatic rings. The van der Waals surface area contributed by atoms with Crippen LogP contribution in [0, 0.1) is 0 Å². The summed E-state index contributed by atoms with van der Waals surface area (Å²) in [7, 11) is 1.66. The van der Waals surface area contributed by atoms with Crippen molar-refractivity contribution < 1.29 is 9.47 Å². The molecule has 0 bridgehead atoms. The van der Waals surface area contributed by atoms with E-state index in [0.717, 1.165) is 52.7 Å². The second-order valence-corrected chi connectivity index (χ2v) is 7.88. The number of benzene rings is 2. The van der Waals surface area contributed by atoms with Gasteiger partial charge in [-0.3, -0.25) is 4.98 Å². The van der Waals surface area contributed by atoms with Gasteiger partial charge in [0.1, 0.15) is 18.1 Å². The van der Waals surface area contributed by atoms with Crippen LogP contribution in [0.15, 0.2) is 91.3 Å². The lowest BCUT2D eigenvalue weighted by atomic mass is 10.1. The number of fused-ring (bicyclic) bond motifs is 1. The van der Waals surface area contributed by atoms with Crippen molar-refractivity contribution in [2.45, 2.75) is 6.54 Å². The van der Waals surface area contributed by atoms with Gasteiger partial charge in [-0.05, 0) is 72.3 Å². The first-order valence-corrected chi connectivity index (χ1v) is 11.4. The number of methoxy groups -OCH3 is 1. The minimum absolute atomic E-state index is 0.527. The van der Waals surface area contributed by atoms with Crippen LogP contribution in [-0.4, -0.2) is 39.8 Å². The van der Waals surface area contributed by atoms with Gasteiger partial charge in [-0.25, -0.2) is 4.52 Å². The third-order valence-electron chi connectivity index (χ3n) is 5.46. The van der Waals surface area contributed by atoms with E-state index in [1.807, 2.05) is 89.6 Å². The molecule has 2 N–H and O–H groups in total. The number of aromatic nitrogens is 4. The standard InChI is InChI=1S/C27H26N6O2/c1-34-23-11-7-21(8-12-23)25-5-2-6-26-31-27(32-33(25)26)30-22-9-13-24(14-10-22)35-17-16-29-19-20-4-3-15-28-18-20/h2-15,18,29H,16-17,19H2,1H3,(H,30,32). The third kappa shape index (κ3) is 5.56. The van der Waals surface area contributed by atoms with Crippen molar-refractivity contribution in [3.8, 4) is 22.8 Å². The molecule has 8 nitrogen and oxygen atoms in total. The minimum Gasteiger partial charge on any atom is -0.497 e. The number of rotatable bonds is 10. The van der Waals surface area contributed by atoms with Crippen LogP contribution in [0.2, 0.25) is 0 Å². The van der Waals surface area contributed by atoms with E-state index < -0.39 is 0 Å². The van der Waals surface area contributed by atoms with E-state index in [1.54, 1.807) is 13.3 Å². The highest BCUT2D eigenvalue weighted by Crippen LogP contribution is 2.24. The van der Waals surface area contributed by atoms with Crippen LogP contribution in [0.4, 0.5) is 11.6 Å². The Morgan fingerprint density at radius 3 is 2.49 bits per heavy atom. The Morgan fingerprint density at radius 1 is 0.886 bits per heavy atom. The van der Waals surface area contributed by atoms with Crippen LogP contribution < -0.4 is 20.1 Å². The molecule has 0 aliphatic heterocycles. The molecule has 0 spiro atoms. The molecule has 0 unspecified atom stereocenters. The maximum atomic E-state index is 5.83. The second-order valence-electron chi connectivity index (χ2n) is 7.88. The summed E-state index contributed by atoms with van der Waals surface area (Å²) in [5, 5.41) is 11.3. The Kier molecular flexibility index (Phi) is 6.82. The summed E-state index contributed by atoms with van der Waals surface area (Å²) in [6.45, 7) is 2.10. The van der Waals surface area contributed by atoms with E-state index in [-0.39, 0.29) is 0 Å². The molecule has 0 radical (unpaired) electrons. The Hall–Kier alpha value is -4.43. The Morgan fingerprint density at radius 2 is 1.71 bits per heavy atom. The van der Waals surface area contributed by atoms with Gasteiger partial charge in [0.2, 0.25) is 5.95 Å². The third-order valence-corrected chi connectivity index (χ3v) is 5.46. The average Bonchev–Trinajstić information content (AvgIpc) is 3.33. The first-order chi connectivity index (χ1) is 17.3. The number of nitrogens with one attached hydrogen (secondary N) is 2. The molecular formula is C27H26N6O2. The lowest BCUT2D eigenvalue weighted by Gasteiger charge is -2.08. The molecule has 2 aromatic carbocycles. The maximum Gasteiger partial charge on any atom is 0.247 e. The summed E-state index contributed by atoms with van der Waals surface area (Å²) >= 11 is 0. The molecule has 5 aromatic rings. The highest BCUT2D eigenvalue weighted by molar-refractivity contribution is 5.65. The summed E-state index contributed by atoms with van der Waals surface area (Å²) in [5.74, 6) is 2.15. The number of hydrogen-bond acceptors (Lipinski definition) is 7. The van der Waals surface area contributed by atoms with Crippen molar-refractivity contribution >= 4 is 17.3 Å². The fourth-order valence-electron chi connectivity index (χ4n) is 3.68. The second kappa shape index (κ2) is 10.7. The first-order valence-electron chi connectivity index (χ1n) is 11.4. The lowest BCUT2D eigenvalue weighted by Crippen LogP contribution is -2.20. The molecule has 0 saturated carbocycles. The summed E-state index contributed by atoms with van der Waals surface area (Å²) in [6, 6.07) is 25.6. The summed E-state index contributed by atoms with van der Waals surface area (Å²) in [5.41, 5.74) is 4.78. The predicted molar refractivity (Wildman–Crippen MR) is 136 cm³/mol. The quantitative estimate of drug-likeness (QED) is 0.288.